The molecule has 0 heterocycles. The lowest BCUT2D eigenvalue weighted by Gasteiger charge is -2.16. The Morgan fingerprint density at radius 1 is 1.24 bits per heavy atom. The number of amides is 2. The topological polar surface area (TPSA) is 74.8 Å². The minimum Gasteiger partial charge on any atom is -0.351 e. The number of rotatable bonds is 7. The van der Waals surface area contributed by atoms with Gasteiger partial charge in [-0.05, 0) is 45.0 Å². The van der Waals surface area contributed by atoms with Gasteiger partial charge in [-0.2, -0.15) is 0 Å². The summed E-state index contributed by atoms with van der Waals surface area (Å²) in [4.78, 5) is 23.6. The number of benzene rings is 1. The van der Waals surface area contributed by atoms with Crippen molar-refractivity contribution < 1.29 is 14.9 Å². The van der Waals surface area contributed by atoms with Crippen molar-refractivity contribution in [1.82, 2.24) is 5.32 Å². The predicted octanol–water partition coefficient (Wildman–Crippen LogP) is 1.15. The van der Waals surface area contributed by atoms with Crippen LogP contribution in [0.1, 0.15) is 27.2 Å². The highest BCUT2D eigenvalue weighted by molar-refractivity contribution is 6.30. The molecule has 4 N–H and O–H groups in total. The predicted molar refractivity (Wildman–Crippen MR) is 84.2 cm³/mol. The summed E-state index contributed by atoms with van der Waals surface area (Å²) < 4.78 is 0. The Labute approximate surface area is 130 Å². The minimum absolute atomic E-state index is 0.0116. The van der Waals surface area contributed by atoms with E-state index in [-0.39, 0.29) is 23.9 Å². The van der Waals surface area contributed by atoms with Crippen molar-refractivity contribution in [1.29, 1.82) is 0 Å². The molecule has 21 heavy (non-hydrogen) atoms. The molecular weight excluding hydrogens is 290 g/mol. The third-order valence-corrected chi connectivity index (χ3v) is 3.27. The van der Waals surface area contributed by atoms with Crippen molar-refractivity contribution in [3.8, 4) is 0 Å². The van der Waals surface area contributed by atoms with Gasteiger partial charge in [0.25, 0.3) is 5.91 Å². The Bertz CT molecular complexity index is 476. The molecule has 5 nitrogen and oxygen atoms in total. The average Bonchev–Trinajstić information content (AvgIpc) is 2.41. The van der Waals surface area contributed by atoms with Crippen LogP contribution in [0.4, 0.5) is 5.69 Å². The Morgan fingerprint density at radius 2 is 1.86 bits per heavy atom. The molecule has 1 aromatic rings. The number of halogens is 1. The largest absolute Gasteiger partial charge is 0.351 e. The van der Waals surface area contributed by atoms with Crippen LogP contribution in [-0.2, 0) is 9.59 Å². The zero-order valence-corrected chi connectivity index (χ0v) is 13.4. The van der Waals surface area contributed by atoms with E-state index < -0.39 is 0 Å². The first kappa shape index (κ1) is 17.5. The zero-order chi connectivity index (χ0) is 15.8. The van der Waals surface area contributed by atoms with Gasteiger partial charge < -0.3 is 16.0 Å². The summed E-state index contributed by atoms with van der Waals surface area (Å²) in [6.45, 7) is 6.26. The van der Waals surface area contributed by atoms with E-state index in [0.29, 0.717) is 23.7 Å². The summed E-state index contributed by atoms with van der Waals surface area (Å²) in [5.41, 5.74) is 0.716. The maximum atomic E-state index is 11.9. The number of carbonyl (C=O) groups is 2. The number of anilines is 1. The summed E-state index contributed by atoms with van der Waals surface area (Å²) in [6.07, 6.45) is 0.340. The number of hydrogen-bond donors (Lipinski definition) is 3. The van der Waals surface area contributed by atoms with Gasteiger partial charge in [0.2, 0.25) is 5.91 Å². The summed E-state index contributed by atoms with van der Waals surface area (Å²) in [6, 6.07) is 6.78. The number of nitrogens with two attached hydrogens (primary N) is 1. The highest BCUT2D eigenvalue weighted by Crippen LogP contribution is 2.13. The first-order valence-corrected chi connectivity index (χ1v) is 7.48. The third-order valence-electron chi connectivity index (χ3n) is 3.02. The van der Waals surface area contributed by atoms with E-state index in [2.05, 4.69) is 10.6 Å². The minimum atomic E-state index is -0.205. The van der Waals surface area contributed by atoms with E-state index in [1.807, 2.05) is 26.1 Å². The summed E-state index contributed by atoms with van der Waals surface area (Å²) in [7, 11) is 0. The Balaban J connectivity index is 2.40. The standard InChI is InChI=1S/C15H22ClN3O2/c1-4-17-15(21)11(3)18-10(2)9-14(20)19-13-7-5-12(16)6-8-13/h5-8,10-11,18H,4,9H2,1-3H3,(H,17,21)(H,19,20)/p+1/t10-,11-/m1/s1. The van der Waals surface area contributed by atoms with Crippen molar-refractivity contribution in [3.63, 3.8) is 0 Å². The molecule has 0 aliphatic heterocycles. The van der Waals surface area contributed by atoms with Crippen LogP contribution in [0.15, 0.2) is 24.3 Å². The molecule has 2 amide bonds. The van der Waals surface area contributed by atoms with Gasteiger partial charge in [0.15, 0.2) is 6.04 Å². The van der Waals surface area contributed by atoms with Crippen molar-refractivity contribution in [2.75, 3.05) is 11.9 Å². The van der Waals surface area contributed by atoms with Crippen molar-refractivity contribution in [2.45, 2.75) is 39.3 Å². The molecule has 6 heteroatoms. The van der Waals surface area contributed by atoms with E-state index in [0.717, 1.165) is 0 Å². The molecule has 0 saturated carbocycles. The first-order chi connectivity index (χ1) is 9.92. The molecule has 1 aromatic carbocycles. The lowest BCUT2D eigenvalue weighted by Crippen LogP contribution is -2.96. The van der Waals surface area contributed by atoms with E-state index in [4.69, 9.17) is 11.6 Å². The van der Waals surface area contributed by atoms with E-state index in [1.54, 1.807) is 24.3 Å². The Morgan fingerprint density at radius 3 is 2.43 bits per heavy atom. The molecule has 2 atom stereocenters. The molecule has 0 aliphatic carbocycles. The van der Waals surface area contributed by atoms with Gasteiger partial charge in [-0.25, -0.2) is 0 Å². The maximum absolute atomic E-state index is 11.9. The second-order valence-electron chi connectivity index (χ2n) is 5.11. The second kappa shape index (κ2) is 8.64. The monoisotopic (exact) mass is 312 g/mol. The van der Waals surface area contributed by atoms with E-state index in [9.17, 15) is 9.59 Å². The maximum Gasteiger partial charge on any atom is 0.277 e. The Kier molecular flexibility index (Phi) is 7.19. The van der Waals surface area contributed by atoms with Gasteiger partial charge in [0, 0.05) is 17.3 Å². The molecule has 0 aromatic heterocycles. The Hall–Kier alpha value is -1.59. The molecule has 116 valence electrons. The van der Waals surface area contributed by atoms with Crippen molar-refractivity contribution in [2.24, 2.45) is 0 Å². The van der Waals surface area contributed by atoms with Gasteiger partial charge >= 0.3 is 0 Å². The number of quaternary nitrogens is 1. The van der Waals surface area contributed by atoms with Crippen LogP contribution in [0.3, 0.4) is 0 Å². The molecule has 1 rings (SSSR count). The lowest BCUT2D eigenvalue weighted by atomic mass is 10.2. The number of likely N-dealkylation sites (N-methyl/N-ethyl adjacent to an activating group) is 1. The smallest absolute Gasteiger partial charge is 0.277 e. The lowest BCUT2D eigenvalue weighted by molar-refractivity contribution is -0.702. The fraction of sp³-hybridized carbons (Fsp3) is 0.467. The van der Waals surface area contributed by atoms with Crippen LogP contribution >= 0.6 is 11.6 Å². The van der Waals surface area contributed by atoms with Gasteiger partial charge in [0.1, 0.15) is 0 Å². The number of hydrogen-bond acceptors (Lipinski definition) is 2. The quantitative estimate of drug-likeness (QED) is 0.706. The van der Waals surface area contributed by atoms with Crippen LogP contribution in [-0.4, -0.2) is 30.4 Å². The molecule has 0 radical (unpaired) electrons. The molecular formula is C15H23ClN3O2+. The summed E-state index contributed by atoms with van der Waals surface area (Å²) >= 11 is 5.79. The van der Waals surface area contributed by atoms with Crippen LogP contribution in [0.5, 0.6) is 0 Å². The van der Waals surface area contributed by atoms with Crippen molar-refractivity contribution >= 4 is 29.1 Å². The van der Waals surface area contributed by atoms with E-state index >= 15 is 0 Å². The molecule has 0 fully saturated rings. The fourth-order valence-electron chi connectivity index (χ4n) is 2.02. The van der Waals surface area contributed by atoms with E-state index in [1.165, 1.54) is 0 Å². The van der Waals surface area contributed by atoms with Crippen LogP contribution < -0.4 is 16.0 Å². The van der Waals surface area contributed by atoms with Crippen LogP contribution in [0, 0.1) is 0 Å². The second-order valence-corrected chi connectivity index (χ2v) is 5.55. The normalized spacial score (nSPS) is 13.3. The first-order valence-electron chi connectivity index (χ1n) is 7.10. The summed E-state index contributed by atoms with van der Waals surface area (Å²) in [5.74, 6) is -0.0911. The highest BCUT2D eigenvalue weighted by atomic mass is 35.5. The SMILES string of the molecule is CCNC(=O)[C@@H](C)[NH2+][C@H](C)CC(=O)Nc1ccc(Cl)cc1. The molecule has 0 saturated heterocycles. The number of carbonyl (C=O) groups excluding carboxylic acids is 2. The molecule has 0 spiro atoms. The highest BCUT2D eigenvalue weighted by Gasteiger charge is 2.20. The third kappa shape index (κ3) is 6.60. The van der Waals surface area contributed by atoms with Gasteiger partial charge in [0.05, 0.1) is 12.5 Å². The van der Waals surface area contributed by atoms with Gasteiger partial charge in [-0.3, -0.25) is 9.59 Å². The fourth-order valence-corrected chi connectivity index (χ4v) is 2.15. The van der Waals surface area contributed by atoms with Gasteiger partial charge in [-0.15, -0.1) is 0 Å². The molecule has 0 aliphatic rings. The molecule has 0 unspecified atom stereocenters. The van der Waals surface area contributed by atoms with Crippen LogP contribution in [0.25, 0.3) is 0 Å². The zero-order valence-electron chi connectivity index (χ0n) is 12.7. The van der Waals surface area contributed by atoms with Gasteiger partial charge in [-0.1, -0.05) is 11.6 Å². The van der Waals surface area contributed by atoms with Crippen molar-refractivity contribution in [3.05, 3.63) is 29.3 Å². The molecule has 0 bridgehead atoms. The average molecular weight is 313 g/mol. The number of nitrogens with one attached hydrogen (secondary N) is 2. The summed E-state index contributed by atoms with van der Waals surface area (Å²) in [5, 5.41) is 8.10. The van der Waals surface area contributed by atoms with Crippen LogP contribution in [0.2, 0.25) is 5.02 Å².